The summed E-state index contributed by atoms with van der Waals surface area (Å²) in [6, 6.07) is 24.2. The fourth-order valence-corrected chi connectivity index (χ4v) is 6.36. The summed E-state index contributed by atoms with van der Waals surface area (Å²) in [5, 5.41) is 28.0. The van der Waals surface area contributed by atoms with Crippen LogP contribution >= 0.6 is 22.6 Å². The number of amides is 1. The number of aromatic nitrogens is 8. The molecule has 0 bridgehead atoms. The standard InChI is InChI=1S/C18H20N4O2.C10H13NO3.C9H11N3.C9H11NO3.C7H7NO3.C3H7I.CH4/c1-3-9-24-16-10-13(7-8-19-16)18(23)22(2)12-15-6-4-5-14-11-20-21-17(14)15;1-3-6-14-9-7-8(4-5-11-9)10(12)13-2;1-10-5-7-3-2-4-8-6-11-12-9(7)8;1-2-5-13-8-6-7(9(11)12)3-4-10-8;1-11-7(10)5-2-3-8-6(9)4-5;1-2-3-4;/h4-8,10-11H,3,9,12H2,1-2H3,(H,20,21);4-5,7H,3,6H2,1-2H3;2-4,6,10H,5H2,1H3,(H,11,12);3-4,6H,2,5H2,1H3,(H,11,12);2-4H,1H3,(H,8,9);2-3H2,1H3;1H4. The Bertz CT molecular complexity index is 3110. The third-order valence-corrected chi connectivity index (χ3v) is 11.2. The lowest BCUT2D eigenvalue weighted by atomic mass is 10.1. The Kier molecular flexibility index (Phi) is 32.4. The number of methoxy groups -OCH3 is 2. The number of hydrogen-bond donors (Lipinski definition) is 5. The van der Waals surface area contributed by atoms with Crippen LogP contribution in [0.4, 0.5) is 0 Å². The van der Waals surface area contributed by atoms with Crippen LogP contribution in [0.3, 0.4) is 0 Å². The lowest BCUT2D eigenvalue weighted by Gasteiger charge is -2.18. The number of aromatic amines is 3. The number of ether oxygens (including phenoxy) is 5. The predicted octanol–water partition coefficient (Wildman–Crippen LogP) is 10.2. The molecule has 21 nitrogen and oxygen atoms in total. The number of benzene rings is 2. The van der Waals surface area contributed by atoms with E-state index < -0.39 is 11.9 Å². The maximum Gasteiger partial charge on any atom is 0.338 e. The summed E-state index contributed by atoms with van der Waals surface area (Å²) in [6.45, 7) is 11.3. The average molecular weight is 1200 g/mol. The van der Waals surface area contributed by atoms with Crippen molar-refractivity contribution in [2.45, 2.75) is 73.9 Å². The molecule has 1 amide bonds. The van der Waals surface area contributed by atoms with Gasteiger partial charge in [-0.1, -0.05) is 94.1 Å². The number of carbonyl (C=O) groups is 4. The number of nitrogens with one attached hydrogen (secondary N) is 4. The maximum atomic E-state index is 12.7. The lowest BCUT2D eigenvalue weighted by molar-refractivity contribution is 0.0591. The Morgan fingerprint density at radius 1 is 0.633 bits per heavy atom. The molecule has 0 fully saturated rings. The average Bonchev–Trinajstić information content (AvgIpc) is 4.18. The smallest absolute Gasteiger partial charge is 0.338 e. The SMILES string of the molecule is C.CCCI.CCCOc1cc(C(=O)N(C)Cc2cccc3cn[nH]c23)ccn1.CCCOc1cc(C(=O)O)ccn1.CCCOc1cc(C(=O)OC)ccn1.CNCc1cccc2cn[nH]c12.COC(=O)c1cc[nH]c(=O)c1. The van der Waals surface area contributed by atoms with Gasteiger partial charge in [-0.3, -0.25) is 19.8 Å². The number of fused-ring (bicyclic) bond motifs is 2. The summed E-state index contributed by atoms with van der Waals surface area (Å²) < 4.78 is 26.2. The topological polar surface area (TPSA) is 279 Å². The molecular formula is C57H73IN10O11. The molecule has 8 aromatic rings. The minimum absolute atomic E-state index is 0. The first-order chi connectivity index (χ1) is 37.8. The number of esters is 2. The fourth-order valence-electron chi connectivity index (χ4n) is 6.36. The van der Waals surface area contributed by atoms with E-state index in [0.29, 0.717) is 55.1 Å². The van der Waals surface area contributed by atoms with Gasteiger partial charge in [-0.2, -0.15) is 10.2 Å². The minimum atomic E-state index is -0.969. The van der Waals surface area contributed by atoms with Gasteiger partial charge in [0, 0.05) is 85.5 Å². The van der Waals surface area contributed by atoms with Crippen LogP contribution in [0.2, 0.25) is 0 Å². The van der Waals surface area contributed by atoms with Crippen LogP contribution in [0, 0.1) is 0 Å². The van der Waals surface area contributed by atoms with Crippen LogP contribution in [0.15, 0.2) is 127 Å². The zero-order chi connectivity index (χ0) is 57.1. The van der Waals surface area contributed by atoms with E-state index in [1.54, 1.807) is 48.6 Å². The van der Waals surface area contributed by atoms with Crippen LogP contribution < -0.4 is 25.1 Å². The number of aromatic carboxylic acids is 1. The second kappa shape index (κ2) is 38.3. The molecule has 424 valence electrons. The van der Waals surface area contributed by atoms with E-state index in [0.717, 1.165) is 47.8 Å². The van der Waals surface area contributed by atoms with Crippen LogP contribution in [0.1, 0.15) is 113 Å². The number of alkyl halides is 1. The number of H-pyrrole nitrogens is 3. The Morgan fingerprint density at radius 3 is 1.53 bits per heavy atom. The molecule has 0 unspecified atom stereocenters. The van der Waals surface area contributed by atoms with Gasteiger partial charge in [-0.25, -0.2) is 29.3 Å². The van der Waals surface area contributed by atoms with Crippen molar-refractivity contribution in [2.75, 3.05) is 52.6 Å². The normalized spacial score (nSPS) is 9.84. The van der Waals surface area contributed by atoms with E-state index >= 15 is 0 Å². The Labute approximate surface area is 474 Å². The number of hydrogen-bond acceptors (Lipinski definition) is 16. The molecule has 79 heavy (non-hydrogen) atoms. The first-order valence-corrected chi connectivity index (χ1v) is 26.4. The molecular weight excluding hydrogens is 1130 g/mol. The number of halogens is 1. The van der Waals surface area contributed by atoms with Gasteiger partial charge in [0.05, 0.1) is 74.2 Å². The maximum absolute atomic E-state index is 12.7. The molecule has 2 aromatic carbocycles. The molecule has 0 saturated heterocycles. The van der Waals surface area contributed by atoms with Crippen molar-refractivity contribution >= 4 is 68.2 Å². The molecule has 0 atom stereocenters. The van der Waals surface area contributed by atoms with Gasteiger partial charge >= 0.3 is 17.9 Å². The van der Waals surface area contributed by atoms with Crippen molar-refractivity contribution < 1.29 is 48.0 Å². The highest BCUT2D eigenvalue weighted by Gasteiger charge is 2.15. The third kappa shape index (κ3) is 23.9. The number of para-hydroxylation sites is 2. The van der Waals surface area contributed by atoms with Crippen LogP contribution in [-0.2, 0) is 22.6 Å². The van der Waals surface area contributed by atoms with E-state index in [4.69, 9.17) is 19.3 Å². The van der Waals surface area contributed by atoms with Crippen molar-refractivity contribution in [3.63, 3.8) is 0 Å². The van der Waals surface area contributed by atoms with Crippen LogP contribution in [0.5, 0.6) is 17.6 Å². The summed E-state index contributed by atoms with van der Waals surface area (Å²) >= 11 is 2.35. The van der Waals surface area contributed by atoms with Crippen molar-refractivity contribution in [3.05, 3.63) is 166 Å². The third-order valence-electron chi connectivity index (χ3n) is 10.1. The van der Waals surface area contributed by atoms with Gasteiger partial charge in [-0.05, 0) is 72.6 Å². The summed E-state index contributed by atoms with van der Waals surface area (Å²) in [5.74, 6) is -0.632. The van der Waals surface area contributed by atoms with E-state index in [-0.39, 0.29) is 36.0 Å². The van der Waals surface area contributed by atoms with Gasteiger partial charge in [0.2, 0.25) is 23.2 Å². The van der Waals surface area contributed by atoms with Crippen molar-refractivity contribution in [1.82, 2.24) is 50.5 Å². The van der Waals surface area contributed by atoms with Gasteiger partial charge in [0.15, 0.2) is 0 Å². The lowest BCUT2D eigenvalue weighted by Crippen LogP contribution is -2.26. The van der Waals surface area contributed by atoms with E-state index in [1.165, 1.54) is 78.9 Å². The largest absolute Gasteiger partial charge is 0.478 e. The second-order valence-electron chi connectivity index (χ2n) is 16.3. The van der Waals surface area contributed by atoms with Crippen molar-refractivity contribution in [3.8, 4) is 17.6 Å². The first-order valence-electron chi connectivity index (χ1n) is 24.9. The van der Waals surface area contributed by atoms with Gasteiger partial charge in [0.25, 0.3) is 5.91 Å². The van der Waals surface area contributed by atoms with Crippen LogP contribution in [-0.4, -0.2) is 127 Å². The number of nitrogens with zero attached hydrogens (tertiary/aromatic N) is 6. The monoisotopic (exact) mass is 1200 g/mol. The molecule has 6 heterocycles. The van der Waals surface area contributed by atoms with Crippen molar-refractivity contribution in [1.29, 1.82) is 0 Å². The second-order valence-corrected chi connectivity index (χ2v) is 17.4. The summed E-state index contributed by atoms with van der Waals surface area (Å²) in [4.78, 5) is 71.8. The Morgan fingerprint density at radius 2 is 1.08 bits per heavy atom. The highest BCUT2D eigenvalue weighted by atomic mass is 127. The minimum Gasteiger partial charge on any atom is -0.478 e. The molecule has 0 aliphatic rings. The molecule has 0 aliphatic carbocycles. The summed E-state index contributed by atoms with van der Waals surface area (Å²) in [7, 11) is 6.33. The molecule has 0 radical (unpaired) electrons. The fraction of sp³-hybridized carbons (Fsp3) is 0.333. The number of rotatable bonds is 18. The first kappa shape index (κ1) is 66.9. The Balaban J connectivity index is 0.000000342. The molecule has 22 heteroatoms. The molecule has 0 saturated carbocycles. The Hall–Kier alpha value is -8.25. The van der Waals surface area contributed by atoms with E-state index in [1.807, 2.05) is 58.3 Å². The molecule has 6 aromatic heterocycles. The van der Waals surface area contributed by atoms with Crippen LogP contribution in [0.25, 0.3) is 21.8 Å². The summed E-state index contributed by atoms with van der Waals surface area (Å²) in [5.41, 5.74) is 5.53. The molecule has 5 N–H and O–H groups in total. The number of carboxylic acids is 1. The number of carbonyl (C=O) groups excluding carboxylic acids is 3. The van der Waals surface area contributed by atoms with Gasteiger partial charge < -0.3 is 44.0 Å². The highest BCUT2D eigenvalue weighted by molar-refractivity contribution is 14.1. The predicted molar refractivity (Wildman–Crippen MR) is 313 cm³/mol. The van der Waals surface area contributed by atoms with Gasteiger partial charge in [-0.15, -0.1) is 0 Å². The number of carboxylic acid groups (broad SMARTS) is 1. The van der Waals surface area contributed by atoms with Gasteiger partial charge in [0.1, 0.15) is 0 Å². The number of pyridine rings is 4. The highest BCUT2D eigenvalue weighted by Crippen LogP contribution is 2.19. The quantitative estimate of drug-likeness (QED) is 0.0303. The van der Waals surface area contributed by atoms with E-state index in [9.17, 15) is 24.0 Å². The zero-order valence-electron chi connectivity index (χ0n) is 45.2. The van der Waals surface area contributed by atoms with Crippen molar-refractivity contribution in [2.24, 2.45) is 0 Å². The molecule has 0 spiro atoms. The molecule has 0 aliphatic heterocycles. The summed E-state index contributed by atoms with van der Waals surface area (Å²) in [6.07, 6.45) is 13.6. The zero-order valence-corrected chi connectivity index (χ0v) is 47.4. The van der Waals surface area contributed by atoms with E-state index in [2.05, 4.69) is 96.8 Å². The molecule has 8 rings (SSSR count).